The van der Waals surface area contributed by atoms with Crippen molar-refractivity contribution in [3.8, 4) is 0 Å². The number of rotatable bonds is 6. The second-order valence-electron chi connectivity index (χ2n) is 2.87. The van der Waals surface area contributed by atoms with Crippen molar-refractivity contribution in [2.24, 2.45) is 11.5 Å². The molecular weight excluding hydrogens is 224 g/mol. The van der Waals surface area contributed by atoms with Gasteiger partial charge in [-0.2, -0.15) is 0 Å². The number of sulfone groups is 1. The van der Waals surface area contributed by atoms with Crippen molar-refractivity contribution in [3.05, 3.63) is 0 Å². The first-order valence-corrected chi connectivity index (χ1v) is 6.01. The van der Waals surface area contributed by atoms with Crippen LogP contribution in [0.3, 0.4) is 0 Å². The van der Waals surface area contributed by atoms with Gasteiger partial charge in [-0.05, 0) is 6.92 Å². The van der Waals surface area contributed by atoms with Crippen LogP contribution in [0, 0.1) is 0 Å². The second-order valence-corrected chi connectivity index (χ2v) is 4.98. The molecule has 0 aromatic rings. The van der Waals surface area contributed by atoms with E-state index in [9.17, 15) is 18.0 Å². The van der Waals surface area contributed by atoms with E-state index in [-0.39, 0.29) is 6.61 Å². The molecule has 0 fully saturated rings. The van der Waals surface area contributed by atoms with E-state index in [0.29, 0.717) is 0 Å². The van der Waals surface area contributed by atoms with Crippen LogP contribution in [-0.2, 0) is 24.2 Å². The third-order valence-corrected chi connectivity index (χ3v) is 2.98. The molecule has 0 heterocycles. The van der Waals surface area contributed by atoms with Crippen molar-refractivity contribution in [1.29, 1.82) is 0 Å². The molecule has 0 aliphatic rings. The summed E-state index contributed by atoms with van der Waals surface area (Å²) >= 11 is 0. The average molecular weight is 238 g/mol. The number of primary amides is 1. The molecule has 1 unspecified atom stereocenters. The van der Waals surface area contributed by atoms with Crippen molar-refractivity contribution in [2.75, 3.05) is 18.1 Å². The van der Waals surface area contributed by atoms with Gasteiger partial charge in [0.15, 0.2) is 9.84 Å². The molecule has 0 bridgehead atoms. The van der Waals surface area contributed by atoms with Crippen molar-refractivity contribution in [2.45, 2.75) is 13.0 Å². The third kappa shape index (κ3) is 6.02. The van der Waals surface area contributed by atoms with E-state index in [1.54, 1.807) is 6.92 Å². The second kappa shape index (κ2) is 5.66. The van der Waals surface area contributed by atoms with Crippen molar-refractivity contribution < 1.29 is 22.7 Å². The third-order valence-electron chi connectivity index (χ3n) is 1.44. The number of carbonyl (C=O) groups excluding carboxylic acids is 2. The van der Waals surface area contributed by atoms with E-state index in [1.807, 2.05) is 0 Å². The lowest BCUT2D eigenvalue weighted by molar-refractivity contribution is -0.140. The quantitative estimate of drug-likeness (QED) is 0.504. The number of nitrogens with two attached hydrogens (primary N) is 2. The molecule has 0 aliphatic carbocycles. The Morgan fingerprint density at radius 3 is 2.33 bits per heavy atom. The Morgan fingerprint density at radius 2 is 1.93 bits per heavy atom. The summed E-state index contributed by atoms with van der Waals surface area (Å²) in [5.74, 6) is -3.24. The van der Waals surface area contributed by atoms with Crippen LogP contribution in [0.1, 0.15) is 6.92 Å². The fraction of sp³-hybridized carbons (Fsp3) is 0.714. The van der Waals surface area contributed by atoms with Gasteiger partial charge in [-0.3, -0.25) is 9.59 Å². The largest absolute Gasteiger partial charge is 0.465 e. The summed E-state index contributed by atoms with van der Waals surface area (Å²) in [6.07, 6.45) is 0. The highest BCUT2D eigenvalue weighted by Crippen LogP contribution is 1.95. The molecule has 1 amide bonds. The fourth-order valence-electron chi connectivity index (χ4n) is 0.797. The average Bonchev–Trinajstić information content (AvgIpc) is 2.01. The summed E-state index contributed by atoms with van der Waals surface area (Å²) in [5.41, 5.74) is 9.93. The minimum absolute atomic E-state index is 0.0935. The molecule has 0 saturated carbocycles. The molecular formula is C7H14N2O5S. The molecule has 1 atom stereocenters. The topological polar surface area (TPSA) is 130 Å². The van der Waals surface area contributed by atoms with Crippen molar-refractivity contribution >= 4 is 21.7 Å². The van der Waals surface area contributed by atoms with Gasteiger partial charge in [0.2, 0.25) is 5.91 Å². The first-order valence-electron chi connectivity index (χ1n) is 4.19. The Morgan fingerprint density at radius 1 is 1.40 bits per heavy atom. The molecule has 7 nitrogen and oxygen atoms in total. The molecule has 0 aromatic heterocycles. The standard InChI is InChI=1S/C7H14N2O5S/c1-2-14-6(10)4-15(12,13)3-5(8)7(9)11/h5H,2-4,8H2,1H3,(H2,9,11). The summed E-state index contributed by atoms with van der Waals surface area (Å²) in [7, 11) is -3.75. The predicted molar refractivity (Wildman–Crippen MR) is 52.5 cm³/mol. The smallest absolute Gasteiger partial charge is 0.321 e. The van der Waals surface area contributed by atoms with Gasteiger partial charge in [0, 0.05) is 0 Å². The molecule has 0 radical (unpaired) electrons. The van der Waals surface area contributed by atoms with Crippen LogP contribution in [0.2, 0.25) is 0 Å². The lowest BCUT2D eigenvalue weighted by atomic mass is 10.3. The van der Waals surface area contributed by atoms with E-state index in [2.05, 4.69) is 4.74 Å². The lowest BCUT2D eigenvalue weighted by Crippen LogP contribution is -2.43. The number of esters is 1. The molecule has 0 aromatic carbocycles. The van der Waals surface area contributed by atoms with Crippen LogP contribution in [0.5, 0.6) is 0 Å². The minimum atomic E-state index is -3.75. The zero-order chi connectivity index (χ0) is 12.1. The van der Waals surface area contributed by atoms with Crippen LogP contribution >= 0.6 is 0 Å². The zero-order valence-corrected chi connectivity index (χ0v) is 9.12. The lowest BCUT2D eigenvalue weighted by Gasteiger charge is -2.07. The van der Waals surface area contributed by atoms with Crippen LogP contribution in [0.25, 0.3) is 0 Å². The van der Waals surface area contributed by atoms with E-state index in [1.165, 1.54) is 0 Å². The molecule has 88 valence electrons. The van der Waals surface area contributed by atoms with Gasteiger partial charge in [0.05, 0.1) is 18.4 Å². The Balaban J connectivity index is 4.32. The van der Waals surface area contributed by atoms with Gasteiger partial charge in [0.1, 0.15) is 5.75 Å². The Labute approximate surface area is 87.7 Å². The Hall–Kier alpha value is -1.15. The maximum absolute atomic E-state index is 11.2. The minimum Gasteiger partial charge on any atom is -0.465 e. The maximum Gasteiger partial charge on any atom is 0.321 e. The SMILES string of the molecule is CCOC(=O)CS(=O)(=O)CC(N)C(N)=O. The van der Waals surface area contributed by atoms with Crippen molar-refractivity contribution in [1.82, 2.24) is 0 Å². The molecule has 0 aliphatic heterocycles. The molecule has 8 heteroatoms. The van der Waals surface area contributed by atoms with Gasteiger partial charge >= 0.3 is 5.97 Å². The summed E-state index contributed by atoms with van der Waals surface area (Å²) in [6.45, 7) is 1.65. The molecule has 0 rings (SSSR count). The van der Waals surface area contributed by atoms with Gasteiger partial charge in [-0.15, -0.1) is 0 Å². The maximum atomic E-state index is 11.2. The normalized spacial score (nSPS) is 13.2. The van der Waals surface area contributed by atoms with Gasteiger partial charge in [-0.1, -0.05) is 0 Å². The predicted octanol–water partition coefficient (Wildman–Crippen LogP) is -2.22. The summed E-state index contributed by atoms with van der Waals surface area (Å²) < 4.78 is 26.9. The summed E-state index contributed by atoms with van der Waals surface area (Å²) in [5, 5.41) is 0. The molecule has 0 spiro atoms. The highest BCUT2D eigenvalue weighted by Gasteiger charge is 2.23. The van der Waals surface area contributed by atoms with E-state index in [0.717, 1.165) is 0 Å². The van der Waals surface area contributed by atoms with Crippen LogP contribution < -0.4 is 11.5 Å². The number of ether oxygens (including phenoxy) is 1. The van der Waals surface area contributed by atoms with Crippen LogP contribution in [0.4, 0.5) is 0 Å². The summed E-state index contributed by atoms with van der Waals surface area (Å²) in [4.78, 5) is 21.4. The molecule has 15 heavy (non-hydrogen) atoms. The summed E-state index contributed by atoms with van der Waals surface area (Å²) in [6, 6.07) is -1.30. The highest BCUT2D eigenvalue weighted by atomic mass is 32.2. The number of hydrogen-bond donors (Lipinski definition) is 2. The molecule has 0 saturated heterocycles. The number of hydrogen-bond acceptors (Lipinski definition) is 6. The monoisotopic (exact) mass is 238 g/mol. The van der Waals surface area contributed by atoms with Gasteiger partial charge in [0.25, 0.3) is 0 Å². The molecule has 4 N–H and O–H groups in total. The number of amides is 1. The van der Waals surface area contributed by atoms with Crippen LogP contribution in [0.15, 0.2) is 0 Å². The first kappa shape index (κ1) is 13.8. The Bertz CT molecular complexity index is 337. The number of carbonyl (C=O) groups is 2. The van der Waals surface area contributed by atoms with E-state index < -0.39 is 39.3 Å². The van der Waals surface area contributed by atoms with E-state index >= 15 is 0 Å². The zero-order valence-electron chi connectivity index (χ0n) is 8.30. The van der Waals surface area contributed by atoms with Gasteiger partial charge in [-0.25, -0.2) is 8.42 Å². The Kier molecular flexibility index (Phi) is 5.23. The van der Waals surface area contributed by atoms with Crippen LogP contribution in [-0.4, -0.2) is 44.4 Å². The van der Waals surface area contributed by atoms with Crippen molar-refractivity contribution in [3.63, 3.8) is 0 Å². The fourth-order valence-corrected chi connectivity index (χ4v) is 2.07. The first-order chi connectivity index (χ1) is 6.78. The van der Waals surface area contributed by atoms with E-state index in [4.69, 9.17) is 11.5 Å². The van der Waals surface area contributed by atoms with Gasteiger partial charge < -0.3 is 16.2 Å². The highest BCUT2D eigenvalue weighted by molar-refractivity contribution is 7.92.